The van der Waals surface area contributed by atoms with Gasteiger partial charge in [0.2, 0.25) is 5.78 Å². The van der Waals surface area contributed by atoms with Gasteiger partial charge in [-0.3, -0.25) is 4.79 Å². The van der Waals surface area contributed by atoms with Gasteiger partial charge < -0.3 is 20.5 Å². The molecule has 0 bridgehead atoms. The quantitative estimate of drug-likeness (QED) is 0.127. The Morgan fingerprint density at radius 2 is 1.56 bits per heavy atom. The highest BCUT2D eigenvalue weighted by atomic mass is 16.5. The summed E-state index contributed by atoms with van der Waals surface area (Å²) >= 11 is 0. The van der Waals surface area contributed by atoms with E-state index in [1.807, 2.05) is 54.6 Å². The third-order valence-electron chi connectivity index (χ3n) is 11.0. The van der Waals surface area contributed by atoms with Crippen LogP contribution < -0.4 is 15.4 Å². The number of benzene rings is 4. The highest BCUT2D eigenvalue weighted by Gasteiger charge is 2.41. The number of para-hydroxylation sites is 3. The van der Waals surface area contributed by atoms with Gasteiger partial charge in [0, 0.05) is 69.8 Å². The molecule has 3 aliphatic heterocycles. The first-order valence-electron chi connectivity index (χ1n) is 18.9. The van der Waals surface area contributed by atoms with E-state index in [4.69, 9.17) is 9.15 Å². The van der Waals surface area contributed by atoms with E-state index < -0.39 is 0 Å². The number of carbonyl (C=O) groups excluding carboxylic acids is 1. The summed E-state index contributed by atoms with van der Waals surface area (Å²) in [5.74, 6) is 2.29. The summed E-state index contributed by atoms with van der Waals surface area (Å²) in [5, 5.41) is 20.3. The summed E-state index contributed by atoms with van der Waals surface area (Å²) in [7, 11) is 0. The monoisotopic (exact) mass is 713 g/mol. The number of anilines is 2. The van der Waals surface area contributed by atoms with Gasteiger partial charge in [-0.25, -0.2) is 4.42 Å². The maximum Gasteiger partial charge on any atom is 0.360 e. The molecule has 0 radical (unpaired) electrons. The zero-order valence-electron chi connectivity index (χ0n) is 31.7. The van der Waals surface area contributed by atoms with Crippen LogP contribution in [0, 0.1) is 5.41 Å². The molecule has 0 unspecified atom stereocenters. The molecule has 6 nitrogen and oxygen atoms in total. The molecule has 54 heavy (non-hydrogen) atoms. The van der Waals surface area contributed by atoms with Crippen molar-refractivity contribution in [3.05, 3.63) is 147 Å². The van der Waals surface area contributed by atoms with Crippen LogP contribution in [0.2, 0.25) is 0 Å². The number of nitrogens with one attached hydrogen (secondary N) is 2. The highest BCUT2D eigenvalue weighted by Crippen LogP contribution is 2.51. The second kappa shape index (κ2) is 12.3. The highest BCUT2D eigenvalue weighted by molar-refractivity contribution is 6.33. The van der Waals surface area contributed by atoms with Crippen LogP contribution >= 0.6 is 0 Å². The molecule has 1 aromatic heterocycles. The van der Waals surface area contributed by atoms with Crippen molar-refractivity contribution < 1.29 is 19.1 Å². The first kappa shape index (κ1) is 33.9. The topological polar surface area (TPSA) is 81.9 Å². The predicted octanol–water partition coefficient (Wildman–Crippen LogP) is 11.3. The van der Waals surface area contributed by atoms with Crippen LogP contribution in [-0.4, -0.2) is 24.0 Å². The summed E-state index contributed by atoms with van der Waals surface area (Å²) in [6.07, 6.45) is 5.65. The zero-order valence-corrected chi connectivity index (χ0v) is 31.7. The Labute approximate surface area is 316 Å². The maximum atomic E-state index is 14.6. The molecule has 4 heterocycles. The third-order valence-corrected chi connectivity index (χ3v) is 11.0. The predicted molar refractivity (Wildman–Crippen MR) is 220 cm³/mol. The molecule has 0 saturated heterocycles. The van der Waals surface area contributed by atoms with Crippen molar-refractivity contribution in [1.29, 1.82) is 0 Å². The van der Waals surface area contributed by atoms with Crippen molar-refractivity contribution in [3.63, 3.8) is 0 Å². The van der Waals surface area contributed by atoms with E-state index >= 15 is 0 Å². The smallest absolute Gasteiger partial charge is 0.360 e. The number of carbonyl (C=O) groups is 1. The number of ketones is 1. The average Bonchev–Trinajstić information content (AvgIpc) is 3.85. The normalized spacial score (nSPS) is 18.0. The van der Waals surface area contributed by atoms with Crippen LogP contribution in [0.25, 0.3) is 39.3 Å². The molecular weight excluding hydrogens is 669 g/mol. The number of hydrogen-bond acceptors (Lipinski definition) is 5. The molecule has 4 aliphatic rings. The molecule has 0 saturated carbocycles. The van der Waals surface area contributed by atoms with Crippen LogP contribution in [0.5, 0.6) is 5.75 Å². The fourth-order valence-corrected chi connectivity index (χ4v) is 8.15. The summed E-state index contributed by atoms with van der Waals surface area (Å²) in [4.78, 5) is 14.6. The third kappa shape index (κ3) is 5.46. The Kier molecular flexibility index (Phi) is 7.75. The van der Waals surface area contributed by atoms with Gasteiger partial charge in [-0.05, 0) is 80.2 Å². The van der Waals surface area contributed by atoms with E-state index in [0.717, 1.165) is 110 Å². The second-order valence-electron chi connectivity index (χ2n) is 16.8. The van der Waals surface area contributed by atoms with Crippen LogP contribution in [-0.2, 0) is 23.1 Å². The number of Topliss-reactive ketones (excluding diaryl/α,β-unsaturated/α-hetero) is 1. The minimum atomic E-state index is -0.290. The van der Waals surface area contributed by atoms with Gasteiger partial charge >= 0.3 is 11.3 Å². The van der Waals surface area contributed by atoms with Gasteiger partial charge in [-0.1, -0.05) is 81.4 Å². The van der Waals surface area contributed by atoms with Gasteiger partial charge in [0.05, 0.1) is 21.9 Å². The number of allylic oxidation sites excluding steroid dienone is 6. The molecule has 0 fully saturated rings. The molecule has 9 rings (SSSR count). The van der Waals surface area contributed by atoms with E-state index in [1.165, 1.54) is 5.56 Å². The van der Waals surface area contributed by atoms with Crippen molar-refractivity contribution in [3.8, 4) is 16.9 Å². The molecule has 3 N–H and O–H groups in total. The van der Waals surface area contributed by atoms with E-state index in [-0.39, 0.29) is 22.4 Å². The molecule has 5 aromatic rings. The van der Waals surface area contributed by atoms with E-state index in [0.29, 0.717) is 11.1 Å². The van der Waals surface area contributed by atoms with Crippen molar-refractivity contribution in [2.45, 2.75) is 59.8 Å². The summed E-state index contributed by atoms with van der Waals surface area (Å²) in [5.41, 5.74) is 12.0. The van der Waals surface area contributed by atoms with Gasteiger partial charge in [-0.15, -0.1) is 0 Å². The Bertz CT molecular complexity index is 2570. The van der Waals surface area contributed by atoms with Crippen molar-refractivity contribution in [2.75, 3.05) is 23.7 Å². The lowest BCUT2D eigenvalue weighted by atomic mass is 9.75. The van der Waals surface area contributed by atoms with Crippen LogP contribution in [0.1, 0.15) is 75.1 Å². The lowest BCUT2D eigenvalue weighted by molar-refractivity contribution is -0.113. The maximum absolute atomic E-state index is 14.6. The SMILES string of the molecule is CC(C)(C)C1=CC(=C(C2=C(O)C(=Cc3ccc(-c4cc(C(C)(C)C)[o+]c5ccccc45)c4c3CCN4)C2=O)c2cccc3c2NCC3)c2ccccc2O1. The summed E-state index contributed by atoms with van der Waals surface area (Å²) in [6, 6.07) is 28.8. The lowest BCUT2D eigenvalue weighted by Gasteiger charge is -2.32. The van der Waals surface area contributed by atoms with Gasteiger partial charge in [0.15, 0.2) is 0 Å². The standard InChI is InChI=1S/C48H44N2O4/c1-47(2,3)39-25-34(30-13-7-9-16-37(30)53-39)32-19-18-28(29-21-23-50-44(29)32)24-36-45(51)42(46(36)52)41(33-15-11-12-27-20-22-49-43(27)33)35-26-40(48(4,5)6)54-38-17-10-8-14-31(35)38/h7-19,24-26,50H,20-23H2,1-6H3,(H-,49,51,52)/p+1. The Morgan fingerprint density at radius 3 is 2.35 bits per heavy atom. The number of rotatable bonds is 4. The largest absolute Gasteiger partial charge is 0.506 e. The molecule has 4 aromatic carbocycles. The minimum Gasteiger partial charge on any atom is -0.506 e. The van der Waals surface area contributed by atoms with E-state index in [2.05, 4.69) is 94.7 Å². The first-order valence-corrected chi connectivity index (χ1v) is 18.9. The van der Waals surface area contributed by atoms with Gasteiger partial charge in [0.25, 0.3) is 0 Å². The van der Waals surface area contributed by atoms with E-state index in [9.17, 15) is 9.90 Å². The van der Waals surface area contributed by atoms with Crippen LogP contribution in [0.4, 0.5) is 11.4 Å². The number of ether oxygens (including phenoxy) is 1. The molecule has 0 atom stereocenters. The van der Waals surface area contributed by atoms with Gasteiger partial charge in [0.1, 0.15) is 17.3 Å². The van der Waals surface area contributed by atoms with E-state index in [1.54, 1.807) is 0 Å². The number of aliphatic hydroxyl groups excluding tert-OH is 1. The number of hydrogen-bond donors (Lipinski definition) is 3. The minimum absolute atomic E-state index is 0.0158. The summed E-state index contributed by atoms with van der Waals surface area (Å²) < 4.78 is 12.8. The Balaban J connectivity index is 1.21. The molecule has 270 valence electrons. The van der Waals surface area contributed by atoms with Crippen LogP contribution in [0.3, 0.4) is 0 Å². The Morgan fingerprint density at radius 1 is 0.796 bits per heavy atom. The average molecular weight is 714 g/mol. The second-order valence-corrected chi connectivity index (χ2v) is 16.8. The number of aliphatic hydroxyl groups is 1. The number of fused-ring (bicyclic) bond motifs is 4. The fraction of sp³-hybridized carbons (Fsp3) is 0.250. The first-order chi connectivity index (χ1) is 25.9. The van der Waals surface area contributed by atoms with Crippen molar-refractivity contribution in [2.24, 2.45) is 5.41 Å². The van der Waals surface area contributed by atoms with Crippen molar-refractivity contribution >= 4 is 45.3 Å². The van der Waals surface area contributed by atoms with Gasteiger partial charge in [-0.2, -0.15) is 0 Å². The molecule has 6 heteroatoms. The lowest BCUT2D eigenvalue weighted by Crippen LogP contribution is -2.25. The molecule has 0 spiro atoms. The molecule has 1 aliphatic carbocycles. The Hall–Kier alpha value is -5.88. The molecule has 0 amide bonds. The molecular formula is C48H45N2O4+. The van der Waals surface area contributed by atoms with Crippen molar-refractivity contribution in [1.82, 2.24) is 0 Å². The van der Waals surface area contributed by atoms with Crippen LogP contribution in [0.15, 0.2) is 118 Å². The fourth-order valence-electron chi connectivity index (χ4n) is 8.15. The summed E-state index contributed by atoms with van der Waals surface area (Å²) in [6.45, 7) is 14.5. The zero-order chi connectivity index (χ0) is 37.5.